The Balaban J connectivity index is 3.48. The molecule has 1 fully saturated rings. The lowest BCUT2D eigenvalue weighted by atomic mass is 9.65. The van der Waals surface area contributed by atoms with E-state index in [-0.39, 0.29) is 5.96 Å². The fraction of sp³-hybridized carbons (Fsp3) is 0.800. The molecule has 1 aliphatic rings. The van der Waals surface area contributed by atoms with Crippen LogP contribution in [0.4, 0.5) is 0 Å². The van der Waals surface area contributed by atoms with Gasteiger partial charge in [-0.15, -0.1) is 0 Å². The van der Waals surface area contributed by atoms with Crippen LogP contribution in [0.5, 0.6) is 0 Å². The van der Waals surface area contributed by atoms with Gasteiger partial charge in [-0.25, -0.2) is 9.79 Å². The SMILES string of the molecule is CC1[C@@H](O)[C@@](C)(NC(=O)CN=C(N)N)C(C)(C(O)C(O)CO)O[C@@]1(O)C(=O)O. The van der Waals surface area contributed by atoms with E-state index in [0.717, 1.165) is 13.8 Å². The summed E-state index contributed by atoms with van der Waals surface area (Å²) in [6, 6.07) is 0. The van der Waals surface area contributed by atoms with Gasteiger partial charge in [0.25, 0.3) is 5.79 Å². The second-order valence-corrected chi connectivity index (χ2v) is 7.13. The number of guanidine groups is 1. The minimum absolute atomic E-state index is 0.382. The zero-order chi connectivity index (χ0) is 22.1. The van der Waals surface area contributed by atoms with E-state index in [1.165, 1.54) is 6.92 Å². The molecule has 1 saturated heterocycles. The van der Waals surface area contributed by atoms with Crippen LogP contribution in [0, 0.1) is 5.92 Å². The summed E-state index contributed by atoms with van der Waals surface area (Å²) >= 11 is 0. The molecule has 0 aromatic heterocycles. The van der Waals surface area contributed by atoms with Gasteiger partial charge in [-0.3, -0.25) is 4.79 Å². The van der Waals surface area contributed by atoms with Gasteiger partial charge in [-0.2, -0.15) is 0 Å². The maximum atomic E-state index is 12.2. The molecule has 0 saturated carbocycles. The monoisotopic (exact) mass is 408 g/mol. The molecular weight excluding hydrogens is 380 g/mol. The normalized spacial score (nSPS) is 37.6. The van der Waals surface area contributed by atoms with Crippen molar-refractivity contribution in [3.8, 4) is 0 Å². The summed E-state index contributed by atoms with van der Waals surface area (Å²) < 4.78 is 5.31. The molecule has 1 amide bonds. The van der Waals surface area contributed by atoms with Gasteiger partial charge in [0.2, 0.25) is 5.91 Å². The van der Waals surface area contributed by atoms with Crippen LogP contribution in [0.2, 0.25) is 0 Å². The maximum absolute atomic E-state index is 12.2. The molecule has 0 aromatic carbocycles. The van der Waals surface area contributed by atoms with Crippen LogP contribution < -0.4 is 16.8 Å². The second-order valence-electron chi connectivity index (χ2n) is 7.13. The van der Waals surface area contributed by atoms with Crippen LogP contribution in [-0.2, 0) is 14.3 Å². The molecule has 7 atom stereocenters. The lowest BCUT2D eigenvalue weighted by molar-refractivity contribution is -0.365. The molecule has 1 heterocycles. The average molecular weight is 408 g/mol. The first kappa shape index (κ1) is 24.0. The van der Waals surface area contributed by atoms with Gasteiger partial charge in [0.15, 0.2) is 5.96 Å². The van der Waals surface area contributed by atoms with Crippen LogP contribution in [0.25, 0.3) is 0 Å². The van der Waals surface area contributed by atoms with E-state index >= 15 is 0 Å². The van der Waals surface area contributed by atoms with Crippen LogP contribution in [0.3, 0.4) is 0 Å². The Bertz CT molecular complexity index is 643. The van der Waals surface area contributed by atoms with Gasteiger partial charge in [0, 0.05) is 0 Å². The van der Waals surface area contributed by atoms with Gasteiger partial charge in [0.05, 0.1) is 24.2 Å². The highest BCUT2D eigenvalue weighted by molar-refractivity contribution is 5.84. The Morgan fingerprint density at radius 3 is 2.25 bits per heavy atom. The fourth-order valence-electron chi connectivity index (χ4n) is 3.29. The van der Waals surface area contributed by atoms with Crippen molar-refractivity contribution in [2.45, 2.75) is 56.0 Å². The van der Waals surface area contributed by atoms with Crippen LogP contribution in [0.15, 0.2) is 4.99 Å². The van der Waals surface area contributed by atoms with Crippen molar-refractivity contribution in [2.24, 2.45) is 22.4 Å². The number of aliphatic imine (C=N–C) groups is 1. The molecule has 162 valence electrons. The highest BCUT2D eigenvalue weighted by Gasteiger charge is 2.69. The van der Waals surface area contributed by atoms with Gasteiger partial charge in [0.1, 0.15) is 24.4 Å². The zero-order valence-electron chi connectivity index (χ0n) is 15.7. The molecule has 0 aromatic rings. The summed E-state index contributed by atoms with van der Waals surface area (Å²) in [5.41, 5.74) is 6.10. The Labute approximate surface area is 160 Å². The number of carbonyl (C=O) groups excluding carboxylic acids is 1. The number of amides is 1. The van der Waals surface area contributed by atoms with E-state index in [9.17, 15) is 35.1 Å². The molecule has 0 spiro atoms. The first-order valence-electron chi connectivity index (χ1n) is 8.34. The third kappa shape index (κ3) is 3.90. The number of carboxylic acid groups (broad SMARTS) is 1. The average Bonchev–Trinajstić information content (AvgIpc) is 2.61. The topological polar surface area (TPSA) is 241 Å². The molecule has 11 N–H and O–H groups in total. The third-order valence-electron chi connectivity index (χ3n) is 5.31. The van der Waals surface area contributed by atoms with Crippen molar-refractivity contribution in [2.75, 3.05) is 13.2 Å². The van der Waals surface area contributed by atoms with Crippen molar-refractivity contribution in [1.29, 1.82) is 0 Å². The van der Waals surface area contributed by atoms with Crippen LogP contribution >= 0.6 is 0 Å². The number of aliphatic hydroxyl groups excluding tert-OH is 4. The molecule has 4 unspecified atom stereocenters. The fourth-order valence-corrected chi connectivity index (χ4v) is 3.29. The molecule has 13 heteroatoms. The van der Waals surface area contributed by atoms with Crippen LogP contribution in [-0.4, -0.2) is 96.9 Å². The maximum Gasteiger partial charge on any atom is 0.364 e. The predicted octanol–water partition coefficient (Wildman–Crippen LogP) is -4.59. The van der Waals surface area contributed by atoms with Crippen molar-refractivity contribution in [1.82, 2.24) is 5.32 Å². The lowest BCUT2D eigenvalue weighted by Crippen LogP contribution is -2.82. The summed E-state index contributed by atoms with van der Waals surface area (Å²) in [5.74, 6) is -7.51. The first-order valence-corrected chi connectivity index (χ1v) is 8.34. The number of nitrogens with two attached hydrogens (primary N) is 2. The highest BCUT2D eigenvalue weighted by Crippen LogP contribution is 2.47. The van der Waals surface area contributed by atoms with E-state index in [2.05, 4.69) is 10.3 Å². The van der Waals surface area contributed by atoms with Crippen molar-refractivity contribution in [3.63, 3.8) is 0 Å². The van der Waals surface area contributed by atoms with Gasteiger partial charge < -0.3 is 52.2 Å². The number of carbonyl (C=O) groups is 2. The Hall–Kier alpha value is -2.03. The van der Waals surface area contributed by atoms with Crippen molar-refractivity contribution < 1.29 is 45.0 Å². The summed E-state index contributed by atoms with van der Waals surface area (Å²) in [4.78, 5) is 27.3. The quantitative estimate of drug-likeness (QED) is 0.143. The minimum atomic E-state index is -2.96. The Morgan fingerprint density at radius 1 is 1.29 bits per heavy atom. The standard InChI is InChI=1S/C15H28N4O9/c1-6-9(23)13(2,19-8(22)4-18-12(16)17)14(3,10(24)7(21)5-20)28-15(6,27)11(25)26/h6-7,9-10,20-21,23-24,27H,4-5H2,1-3H3,(H,19,22)(H,25,26)(H4,16,17,18)/t6?,7?,9-,10?,13-,14?,15-/m1/s1. The number of hydrogen-bond donors (Lipinski definition) is 9. The zero-order valence-corrected chi connectivity index (χ0v) is 15.7. The molecule has 1 rings (SSSR count). The lowest BCUT2D eigenvalue weighted by Gasteiger charge is -2.59. The number of nitrogens with one attached hydrogen (secondary N) is 1. The number of rotatable bonds is 7. The van der Waals surface area contributed by atoms with Gasteiger partial charge in [-0.05, 0) is 13.8 Å². The highest BCUT2D eigenvalue weighted by atomic mass is 16.7. The van der Waals surface area contributed by atoms with Gasteiger partial charge >= 0.3 is 5.97 Å². The van der Waals surface area contributed by atoms with E-state index in [1.807, 2.05) is 0 Å². The Morgan fingerprint density at radius 2 is 1.82 bits per heavy atom. The van der Waals surface area contributed by atoms with E-state index in [4.69, 9.17) is 21.3 Å². The van der Waals surface area contributed by atoms with Crippen molar-refractivity contribution in [3.05, 3.63) is 0 Å². The van der Waals surface area contributed by atoms with E-state index in [0.29, 0.717) is 0 Å². The van der Waals surface area contributed by atoms with Crippen LogP contribution in [0.1, 0.15) is 20.8 Å². The summed E-state index contributed by atoms with van der Waals surface area (Å²) in [6.07, 6.45) is -5.66. The minimum Gasteiger partial charge on any atom is -0.477 e. The number of ether oxygens (including phenoxy) is 1. The molecule has 0 bridgehead atoms. The number of carboxylic acids is 1. The van der Waals surface area contributed by atoms with Gasteiger partial charge in [-0.1, -0.05) is 6.92 Å². The molecule has 1 aliphatic heterocycles. The molecule has 0 aliphatic carbocycles. The molecule has 28 heavy (non-hydrogen) atoms. The number of aliphatic hydroxyl groups is 5. The smallest absolute Gasteiger partial charge is 0.364 e. The number of nitrogens with zero attached hydrogens (tertiary/aromatic N) is 1. The van der Waals surface area contributed by atoms with E-state index in [1.54, 1.807) is 0 Å². The second kappa shape index (κ2) is 8.14. The summed E-state index contributed by atoms with van der Waals surface area (Å²) in [7, 11) is 0. The predicted molar refractivity (Wildman–Crippen MR) is 93.6 cm³/mol. The summed E-state index contributed by atoms with van der Waals surface area (Å²) in [6.45, 7) is 1.94. The molecule has 13 nitrogen and oxygen atoms in total. The number of aliphatic carboxylic acids is 1. The van der Waals surface area contributed by atoms with E-state index < -0.39 is 66.2 Å². The molecule has 0 radical (unpaired) electrons. The Kier molecular flexibility index (Phi) is 6.98. The largest absolute Gasteiger partial charge is 0.477 e. The third-order valence-corrected chi connectivity index (χ3v) is 5.31. The number of hydrogen-bond acceptors (Lipinski definition) is 9. The molecular formula is C15H28N4O9. The first-order chi connectivity index (χ1) is 12.7. The van der Waals surface area contributed by atoms with Crippen molar-refractivity contribution >= 4 is 17.8 Å². The summed E-state index contributed by atoms with van der Waals surface area (Å²) in [5, 5.41) is 62.6.